The monoisotopic (exact) mass is 328 g/mol. The molecule has 0 bridgehead atoms. The van der Waals surface area contributed by atoms with Gasteiger partial charge in [0.15, 0.2) is 0 Å². The molecule has 1 unspecified atom stereocenters. The van der Waals surface area contributed by atoms with E-state index >= 15 is 0 Å². The molecule has 2 aromatic rings. The molecule has 19 heavy (non-hydrogen) atoms. The number of hydrogen-bond donors (Lipinski definition) is 1. The molecule has 0 aliphatic heterocycles. The van der Waals surface area contributed by atoms with E-state index in [1.165, 1.54) is 6.07 Å². The Balaban J connectivity index is 2.18. The van der Waals surface area contributed by atoms with Gasteiger partial charge in [0.25, 0.3) is 0 Å². The van der Waals surface area contributed by atoms with Crippen molar-refractivity contribution in [3.8, 4) is 11.4 Å². The standard InChI is InChI=1S/C13H14BrFN2O2/c1-7(2)11(18)6-12-16-13(17-19-12)8-3-4-10(15)9(14)5-8/h3-5,7,11,18H,6H2,1-2H3. The zero-order chi connectivity index (χ0) is 14.0. The summed E-state index contributed by atoms with van der Waals surface area (Å²) in [6.07, 6.45) is -0.208. The lowest BCUT2D eigenvalue weighted by molar-refractivity contribution is 0.116. The molecule has 4 nitrogen and oxygen atoms in total. The van der Waals surface area contributed by atoms with Crippen LogP contribution in [0.15, 0.2) is 27.2 Å². The molecular formula is C13H14BrFN2O2. The molecule has 1 heterocycles. The van der Waals surface area contributed by atoms with Gasteiger partial charge in [0, 0.05) is 5.56 Å². The van der Waals surface area contributed by atoms with Gasteiger partial charge in [0.2, 0.25) is 11.7 Å². The van der Waals surface area contributed by atoms with E-state index in [9.17, 15) is 9.50 Å². The Morgan fingerprint density at radius 1 is 1.42 bits per heavy atom. The quantitative estimate of drug-likeness (QED) is 0.936. The Morgan fingerprint density at radius 3 is 2.79 bits per heavy atom. The summed E-state index contributed by atoms with van der Waals surface area (Å²) in [4.78, 5) is 4.19. The van der Waals surface area contributed by atoms with E-state index in [1.807, 2.05) is 13.8 Å². The summed E-state index contributed by atoms with van der Waals surface area (Å²) < 4.78 is 18.6. The van der Waals surface area contributed by atoms with Gasteiger partial charge in [-0.1, -0.05) is 19.0 Å². The molecule has 0 radical (unpaired) electrons. The minimum absolute atomic E-state index is 0.121. The highest BCUT2D eigenvalue weighted by molar-refractivity contribution is 9.10. The maximum Gasteiger partial charge on any atom is 0.229 e. The molecule has 6 heteroatoms. The van der Waals surface area contributed by atoms with Gasteiger partial charge < -0.3 is 9.63 Å². The largest absolute Gasteiger partial charge is 0.392 e. The van der Waals surface area contributed by atoms with Crippen LogP contribution in [0.3, 0.4) is 0 Å². The van der Waals surface area contributed by atoms with Crippen molar-refractivity contribution in [2.75, 3.05) is 0 Å². The summed E-state index contributed by atoms with van der Waals surface area (Å²) in [5.41, 5.74) is 0.655. The van der Waals surface area contributed by atoms with E-state index < -0.39 is 6.10 Å². The predicted octanol–water partition coefficient (Wildman–Crippen LogP) is 3.20. The van der Waals surface area contributed by atoms with Crippen molar-refractivity contribution in [3.63, 3.8) is 0 Å². The molecule has 2 rings (SSSR count). The number of aliphatic hydroxyl groups excluding tert-OH is 1. The number of halogens is 2. The normalized spacial score (nSPS) is 12.9. The molecule has 0 spiro atoms. The zero-order valence-electron chi connectivity index (χ0n) is 10.6. The van der Waals surface area contributed by atoms with Crippen molar-refractivity contribution < 1.29 is 14.0 Å². The first-order valence-electron chi connectivity index (χ1n) is 5.93. The first kappa shape index (κ1) is 14.1. The van der Waals surface area contributed by atoms with Crippen molar-refractivity contribution in [1.82, 2.24) is 10.1 Å². The summed E-state index contributed by atoms with van der Waals surface area (Å²) in [6.45, 7) is 3.83. The number of hydrogen-bond acceptors (Lipinski definition) is 4. The Morgan fingerprint density at radius 2 is 2.16 bits per heavy atom. The van der Waals surface area contributed by atoms with E-state index in [4.69, 9.17) is 4.52 Å². The van der Waals surface area contributed by atoms with Gasteiger partial charge >= 0.3 is 0 Å². The summed E-state index contributed by atoms with van der Waals surface area (Å²) in [7, 11) is 0. The van der Waals surface area contributed by atoms with E-state index in [2.05, 4.69) is 26.1 Å². The second-order valence-corrected chi connectivity index (χ2v) is 5.51. The third kappa shape index (κ3) is 3.39. The molecule has 102 valence electrons. The van der Waals surface area contributed by atoms with Gasteiger partial charge in [-0.3, -0.25) is 0 Å². The third-order valence-electron chi connectivity index (χ3n) is 2.80. The van der Waals surface area contributed by atoms with Crippen molar-refractivity contribution in [2.45, 2.75) is 26.4 Å². The van der Waals surface area contributed by atoms with Crippen LogP contribution < -0.4 is 0 Å². The third-order valence-corrected chi connectivity index (χ3v) is 3.41. The lowest BCUT2D eigenvalue weighted by atomic mass is 10.0. The van der Waals surface area contributed by atoms with E-state index in [0.717, 1.165) is 0 Å². The molecule has 0 saturated carbocycles. The van der Waals surface area contributed by atoms with Crippen LogP contribution in [0.2, 0.25) is 0 Å². The van der Waals surface area contributed by atoms with Crippen LogP contribution >= 0.6 is 15.9 Å². The van der Waals surface area contributed by atoms with Crippen molar-refractivity contribution in [2.24, 2.45) is 5.92 Å². The summed E-state index contributed by atoms with van der Waals surface area (Å²) in [5.74, 6) is 0.529. The molecule has 1 aromatic heterocycles. The van der Waals surface area contributed by atoms with Crippen LogP contribution in [-0.2, 0) is 6.42 Å². The van der Waals surface area contributed by atoms with Crippen LogP contribution in [0, 0.1) is 11.7 Å². The highest BCUT2D eigenvalue weighted by Crippen LogP contribution is 2.23. The number of aliphatic hydroxyl groups is 1. The van der Waals surface area contributed by atoms with Crippen molar-refractivity contribution in [3.05, 3.63) is 34.4 Å². The van der Waals surface area contributed by atoms with Crippen LogP contribution in [0.5, 0.6) is 0 Å². The Bertz CT molecular complexity index is 572. The Kier molecular flexibility index (Phi) is 4.31. The smallest absolute Gasteiger partial charge is 0.229 e. The summed E-state index contributed by atoms with van der Waals surface area (Å²) in [5, 5.41) is 13.6. The molecule has 0 aliphatic carbocycles. The first-order valence-corrected chi connectivity index (χ1v) is 6.72. The highest BCUT2D eigenvalue weighted by atomic mass is 79.9. The Labute approximate surface area is 118 Å². The fourth-order valence-electron chi connectivity index (χ4n) is 1.50. The second kappa shape index (κ2) is 5.79. The molecule has 1 aromatic carbocycles. The topological polar surface area (TPSA) is 59.2 Å². The molecule has 1 atom stereocenters. The number of nitrogens with zero attached hydrogens (tertiary/aromatic N) is 2. The second-order valence-electron chi connectivity index (χ2n) is 4.66. The predicted molar refractivity (Wildman–Crippen MR) is 71.9 cm³/mol. The van der Waals surface area contributed by atoms with Crippen LogP contribution in [0.1, 0.15) is 19.7 Å². The van der Waals surface area contributed by atoms with Crippen LogP contribution in [-0.4, -0.2) is 21.4 Å². The van der Waals surface area contributed by atoms with Gasteiger partial charge in [0.05, 0.1) is 17.0 Å². The summed E-state index contributed by atoms with van der Waals surface area (Å²) >= 11 is 3.11. The molecule has 0 fully saturated rings. The lowest BCUT2D eigenvalue weighted by Gasteiger charge is -2.10. The minimum Gasteiger partial charge on any atom is -0.392 e. The van der Waals surface area contributed by atoms with Crippen molar-refractivity contribution >= 4 is 15.9 Å². The maximum absolute atomic E-state index is 13.1. The molecule has 0 amide bonds. The van der Waals surface area contributed by atoms with Gasteiger partial charge in [0.1, 0.15) is 5.82 Å². The fourth-order valence-corrected chi connectivity index (χ4v) is 1.88. The highest BCUT2D eigenvalue weighted by Gasteiger charge is 2.16. The average Bonchev–Trinajstić information content (AvgIpc) is 2.81. The molecule has 1 N–H and O–H groups in total. The number of aromatic nitrogens is 2. The average molecular weight is 329 g/mol. The lowest BCUT2D eigenvalue weighted by Crippen LogP contribution is -2.17. The minimum atomic E-state index is -0.520. The van der Waals surface area contributed by atoms with Gasteiger partial charge in [-0.15, -0.1) is 0 Å². The number of benzene rings is 1. The first-order chi connectivity index (χ1) is 8.97. The number of rotatable bonds is 4. The summed E-state index contributed by atoms with van der Waals surface area (Å²) in [6, 6.07) is 4.49. The Hall–Kier alpha value is -1.27. The molecular weight excluding hydrogens is 315 g/mol. The van der Waals surface area contributed by atoms with Gasteiger partial charge in [-0.2, -0.15) is 4.98 Å². The van der Waals surface area contributed by atoms with Crippen LogP contribution in [0.25, 0.3) is 11.4 Å². The van der Waals surface area contributed by atoms with Crippen LogP contribution in [0.4, 0.5) is 4.39 Å². The molecule has 0 aliphatic rings. The SMILES string of the molecule is CC(C)C(O)Cc1nc(-c2ccc(F)c(Br)c2)no1. The van der Waals surface area contributed by atoms with Gasteiger partial charge in [-0.25, -0.2) is 4.39 Å². The fraction of sp³-hybridized carbons (Fsp3) is 0.385. The van der Waals surface area contributed by atoms with E-state index in [1.54, 1.807) is 12.1 Å². The molecule has 0 saturated heterocycles. The maximum atomic E-state index is 13.1. The van der Waals surface area contributed by atoms with E-state index in [-0.39, 0.29) is 11.7 Å². The zero-order valence-corrected chi connectivity index (χ0v) is 12.2. The van der Waals surface area contributed by atoms with Crippen molar-refractivity contribution in [1.29, 1.82) is 0 Å². The van der Waals surface area contributed by atoms with E-state index in [0.29, 0.717) is 28.2 Å². The van der Waals surface area contributed by atoms with Gasteiger partial charge in [-0.05, 0) is 40.0 Å².